The molecule has 0 amide bonds. The summed E-state index contributed by atoms with van der Waals surface area (Å²) in [6.07, 6.45) is 4.44. The molecule has 5 nitrogen and oxygen atoms in total. The lowest BCUT2D eigenvalue weighted by atomic mass is 9.97. The lowest BCUT2D eigenvalue weighted by molar-refractivity contribution is 0.180. The maximum Gasteiger partial charge on any atom is 0.101 e. The van der Waals surface area contributed by atoms with E-state index < -0.39 is 0 Å². The molecule has 0 aliphatic carbocycles. The van der Waals surface area contributed by atoms with Gasteiger partial charge in [0.05, 0.1) is 41.5 Å². The Balaban J connectivity index is 1.95. The van der Waals surface area contributed by atoms with Gasteiger partial charge in [-0.3, -0.25) is 0 Å². The van der Waals surface area contributed by atoms with Crippen LogP contribution in [0.1, 0.15) is 23.7 Å². The molecule has 1 aliphatic rings. The van der Waals surface area contributed by atoms with Gasteiger partial charge >= 0.3 is 0 Å². The van der Waals surface area contributed by atoms with E-state index in [0.29, 0.717) is 23.1 Å². The molecule has 2 atom stereocenters. The van der Waals surface area contributed by atoms with Crippen molar-refractivity contribution in [3.63, 3.8) is 0 Å². The van der Waals surface area contributed by atoms with Gasteiger partial charge in [0.2, 0.25) is 0 Å². The van der Waals surface area contributed by atoms with Crippen LogP contribution in [0.4, 0.5) is 0 Å². The average molecular weight is 303 g/mol. The Morgan fingerprint density at radius 3 is 3.05 bits per heavy atom. The van der Waals surface area contributed by atoms with Crippen LogP contribution in [-0.4, -0.2) is 22.8 Å². The maximum absolute atomic E-state index is 8.94. The van der Waals surface area contributed by atoms with Crippen LogP contribution < -0.4 is 5.73 Å². The van der Waals surface area contributed by atoms with E-state index in [4.69, 9.17) is 27.3 Å². The quantitative estimate of drug-likeness (QED) is 0.944. The fraction of sp³-hybridized carbons (Fsp3) is 0.333. The van der Waals surface area contributed by atoms with Crippen molar-refractivity contribution in [1.29, 1.82) is 5.26 Å². The van der Waals surface area contributed by atoms with Crippen molar-refractivity contribution in [3.8, 4) is 11.8 Å². The summed E-state index contributed by atoms with van der Waals surface area (Å²) in [5, 5.41) is 9.36. The van der Waals surface area contributed by atoms with E-state index in [1.54, 1.807) is 24.7 Å². The van der Waals surface area contributed by atoms with Gasteiger partial charge in [0.1, 0.15) is 6.07 Å². The molecule has 108 valence electrons. The topological polar surface area (TPSA) is 76.9 Å². The minimum atomic E-state index is -0.135. The minimum Gasteiger partial charge on any atom is -0.381 e. The maximum atomic E-state index is 8.94. The number of halogens is 1. The predicted octanol–water partition coefficient (Wildman–Crippen LogP) is 2.43. The fourth-order valence-corrected chi connectivity index (χ4v) is 2.81. The van der Waals surface area contributed by atoms with Gasteiger partial charge in [-0.05, 0) is 24.6 Å². The Kier molecular flexibility index (Phi) is 3.93. The molecule has 0 radical (unpaired) electrons. The van der Waals surface area contributed by atoms with Crippen LogP contribution in [0.5, 0.6) is 0 Å². The second-order valence-corrected chi connectivity index (χ2v) is 5.52. The van der Waals surface area contributed by atoms with E-state index in [2.05, 4.69) is 11.1 Å². The number of rotatable bonds is 3. The largest absolute Gasteiger partial charge is 0.381 e. The smallest absolute Gasteiger partial charge is 0.101 e. The molecule has 1 aromatic heterocycles. The van der Waals surface area contributed by atoms with Crippen LogP contribution in [0, 0.1) is 17.2 Å². The SMILES string of the molecule is N#Cc1ccc(-n2cncc2C(N)C2CCOC2)cc1Cl. The standard InChI is InChI=1S/C15H15ClN4O/c16-13-5-12(2-1-10(13)6-17)20-9-19-7-14(20)15(18)11-3-4-21-8-11/h1-2,5,7,9,11,15H,3-4,8,18H2. The van der Waals surface area contributed by atoms with Crippen molar-refractivity contribution in [2.75, 3.05) is 13.2 Å². The van der Waals surface area contributed by atoms with Gasteiger partial charge in [0.25, 0.3) is 0 Å². The number of ether oxygens (including phenoxy) is 1. The molecule has 0 bridgehead atoms. The third kappa shape index (κ3) is 2.66. The van der Waals surface area contributed by atoms with Gasteiger partial charge in [-0.1, -0.05) is 11.6 Å². The molecule has 1 aromatic carbocycles. The first-order chi connectivity index (χ1) is 10.2. The molecule has 21 heavy (non-hydrogen) atoms. The zero-order valence-electron chi connectivity index (χ0n) is 11.4. The van der Waals surface area contributed by atoms with Crippen molar-refractivity contribution in [1.82, 2.24) is 9.55 Å². The van der Waals surface area contributed by atoms with Gasteiger partial charge in [0, 0.05) is 18.2 Å². The Bertz CT molecular complexity index is 685. The summed E-state index contributed by atoms with van der Waals surface area (Å²) in [5.41, 5.74) is 8.58. The molecule has 2 heterocycles. The molecule has 3 rings (SSSR count). The molecular formula is C15H15ClN4O. The van der Waals surface area contributed by atoms with Crippen LogP contribution in [0.15, 0.2) is 30.7 Å². The molecule has 2 N–H and O–H groups in total. The van der Waals surface area contributed by atoms with Crippen LogP contribution in [0.2, 0.25) is 5.02 Å². The molecule has 0 saturated carbocycles. The van der Waals surface area contributed by atoms with E-state index in [0.717, 1.165) is 24.4 Å². The summed E-state index contributed by atoms with van der Waals surface area (Å²) in [6, 6.07) is 7.21. The van der Waals surface area contributed by atoms with E-state index in [9.17, 15) is 0 Å². The van der Waals surface area contributed by atoms with Crippen molar-refractivity contribution in [3.05, 3.63) is 47.0 Å². The zero-order valence-corrected chi connectivity index (χ0v) is 12.1. The van der Waals surface area contributed by atoms with Crippen molar-refractivity contribution in [2.24, 2.45) is 11.7 Å². The Morgan fingerprint density at radius 1 is 1.52 bits per heavy atom. The van der Waals surface area contributed by atoms with Gasteiger partial charge in [-0.15, -0.1) is 0 Å². The lowest BCUT2D eigenvalue weighted by Crippen LogP contribution is -2.24. The first kappa shape index (κ1) is 14.1. The van der Waals surface area contributed by atoms with Crippen LogP contribution in [0.25, 0.3) is 5.69 Å². The number of hydrogen-bond acceptors (Lipinski definition) is 4. The number of hydrogen-bond donors (Lipinski definition) is 1. The third-order valence-electron chi connectivity index (χ3n) is 3.83. The lowest BCUT2D eigenvalue weighted by Gasteiger charge is -2.19. The highest BCUT2D eigenvalue weighted by Gasteiger charge is 2.26. The Hall–Kier alpha value is -1.87. The van der Waals surface area contributed by atoms with E-state index in [1.165, 1.54) is 0 Å². The second-order valence-electron chi connectivity index (χ2n) is 5.11. The average Bonchev–Trinajstić information content (AvgIpc) is 3.17. The normalized spacial score (nSPS) is 19.4. The Morgan fingerprint density at radius 2 is 2.38 bits per heavy atom. The molecular weight excluding hydrogens is 288 g/mol. The van der Waals surface area contributed by atoms with E-state index in [-0.39, 0.29) is 6.04 Å². The summed E-state index contributed by atoms with van der Waals surface area (Å²) in [4.78, 5) is 4.20. The number of aromatic nitrogens is 2. The van der Waals surface area contributed by atoms with Crippen molar-refractivity contribution >= 4 is 11.6 Å². The fourth-order valence-electron chi connectivity index (χ4n) is 2.59. The van der Waals surface area contributed by atoms with Crippen LogP contribution in [-0.2, 0) is 4.74 Å². The first-order valence-corrected chi connectivity index (χ1v) is 7.14. The molecule has 6 heteroatoms. The molecule has 1 aliphatic heterocycles. The zero-order chi connectivity index (χ0) is 14.8. The molecule has 0 spiro atoms. The third-order valence-corrected chi connectivity index (χ3v) is 4.15. The Labute approximate surface area is 127 Å². The predicted molar refractivity (Wildman–Crippen MR) is 79.1 cm³/mol. The number of imidazole rings is 1. The number of benzene rings is 1. The second kappa shape index (κ2) is 5.86. The highest BCUT2D eigenvalue weighted by molar-refractivity contribution is 6.31. The monoisotopic (exact) mass is 302 g/mol. The highest BCUT2D eigenvalue weighted by Crippen LogP contribution is 2.29. The summed E-state index contributed by atoms with van der Waals surface area (Å²) < 4.78 is 7.32. The molecule has 2 unspecified atom stereocenters. The van der Waals surface area contributed by atoms with Gasteiger partial charge in [-0.25, -0.2) is 4.98 Å². The summed E-state index contributed by atoms with van der Waals surface area (Å²) in [5.74, 6) is 0.300. The van der Waals surface area contributed by atoms with E-state index >= 15 is 0 Å². The summed E-state index contributed by atoms with van der Waals surface area (Å²) in [6.45, 7) is 1.44. The number of nitrogens with two attached hydrogens (primary N) is 1. The summed E-state index contributed by atoms with van der Waals surface area (Å²) >= 11 is 6.10. The minimum absolute atomic E-state index is 0.135. The highest BCUT2D eigenvalue weighted by atomic mass is 35.5. The van der Waals surface area contributed by atoms with Crippen LogP contribution >= 0.6 is 11.6 Å². The first-order valence-electron chi connectivity index (χ1n) is 6.76. The molecule has 1 fully saturated rings. The molecule has 1 saturated heterocycles. The number of nitrogens with zero attached hydrogens (tertiary/aromatic N) is 3. The van der Waals surface area contributed by atoms with Gasteiger partial charge in [-0.2, -0.15) is 5.26 Å². The number of nitriles is 1. The molecule has 2 aromatic rings. The van der Waals surface area contributed by atoms with E-state index in [1.807, 2.05) is 10.6 Å². The van der Waals surface area contributed by atoms with Gasteiger partial charge in [0.15, 0.2) is 0 Å². The summed E-state index contributed by atoms with van der Waals surface area (Å²) in [7, 11) is 0. The van der Waals surface area contributed by atoms with Crippen molar-refractivity contribution in [2.45, 2.75) is 12.5 Å². The van der Waals surface area contributed by atoms with Gasteiger partial charge < -0.3 is 15.0 Å². The van der Waals surface area contributed by atoms with Crippen LogP contribution in [0.3, 0.4) is 0 Å². The van der Waals surface area contributed by atoms with Crippen molar-refractivity contribution < 1.29 is 4.74 Å².